The highest BCUT2D eigenvalue weighted by atomic mass is 35.5. The molecule has 1 saturated heterocycles. The molecule has 2 aromatic carbocycles. The normalized spacial score (nSPS) is 14.7. The van der Waals surface area contributed by atoms with Gasteiger partial charge in [0.15, 0.2) is 5.43 Å². The first-order valence-corrected chi connectivity index (χ1v) is 10.4. The van der Waals surface area contributed by atoms with E-state index in [1.807, 2.05) is 22.5 Å². The van der Waals surface area contributed by atoms with Gasteiger partial charge in [-0.3, -0.25) is 4.79 Å². The van der Waals surface area contributed by atoms with Crippen molar-refractivity contribution in [1.29, 1.82) is 0 Å². The molecule has 2 aromatic heterocycles. The lowest BCUT2D eigenvalue weighted by Gasteiger charge is -2.30. The van der Waals surface area contributed by atoms with E-state index in [9.17, 15) is 4.79 Å². The maximum Gasteiger partial charge on any atom is 0.200 e. The highest BCUT2D eigenvalue weighted by Gasteiger charge is 2.20. The van der Waals surface area contributed by atoms with Gasteiger partial charge in [-0.05, 0) is 37.3 Å². The third-order valence-electron chi connectivity index (χ3n) is 5.65. The minimum absolute atomic E-state index is 0.245. The minimum atomic E-state index is -0.377. The molecule has 0 amide bonds. The van der Waals surface area contributed by atoms with E-state index in [0.717, 1.165) is 37.2 Å². The van der Waals surface area contributed by atoms with Gasteiger partial charge in [0.25, 0.3) is 0 Å². The number of pyridine rings is 1. The number of piperazine rings is 1. The van der Waals surface area contributed by atoms with Crippen LogP contribution in [0.1, 0.15) is 6.92 Å². The number of rotatable bonds is 3. The Balaban J connectivity index is 1.70. The van der Waals surface area contributed by atoms with Crippen LogP contribution in [0.15, 0.2) is 41.3 Å². The van der Waals surface area contributed by atoms with Gasteiger partial charge in [-0.15, -0.1) is 0 Å². The molecule has 0 aliphatic carbocycles. The third kappa shape index (κ3) is 3.14. The van der Waals surface area contributed by atoms with E-state index in [2.05, 4.69) is 15.3 Å². The average molecular weight is 426 g/mol. The fraction of sp³-hybridized carbons (Fsp3) is 0.273. The van der Waals surface area contributed by atoms with E-state index in [-0.39, 0.29) is 11.2 Å². The van der Waals surface area contributed by atoms with Crippen molar-refractivity contribution >= 4 is 39.2 Å². The van der Waals surface area contributed by atoms with Crippen LogP contribution in [0.2, 0.25) is 5.02 Å². The van der Waals surface area contributed by atoms with Crippen molar-refractivity contribution in [3.63, 3.8) is 0 Å². The van der Waals surface area contributed by atoms with Crippen molar-refractivity contribution in [3.8, 4) is 11.4 Å². The predicted molar refractivity (Wildman–Crippen MR) is 119 cm³/mol. The van der Waals surface area contributed by atoms with Crippen molar-refractivity contribution in [2.45, 2.75) is 13.5 Å². The van der Waals surface area contributed by atoms with Gasteiger partial charge in [0.1, 0.15) is 11.6 Å². The zero-order chi connectivity index (χ0) is 20.8. The number of nitrogens with one attached hydrogen (secondary N) is 2. The first-order chi connectivity index (χ1) is 14.5. The van der Waals surface area contributed by atoms with Crippen LogP contribution >= 0.6 is 11.6 Å². The average Bonchev–Trinajstić information content (AvgIpc) is 3.17. The molecule has 8 heteroatoms. The first-order valence-electron chi connectivity index (χ1n) is 10.0. The van der Waals surface area contributed by atoms with Crippen molar-refractivity contribution in [3.05, 3.63) is 57.6 Å². The maximum atomic E-state index is 15.0. The molecular formula is C22H21ClFN5O. The van der Waals surface area contributed by atoms with Gasteiger partial charge in [-0.25, -0.2) is 9.37 Å². The number of benzene rings is 2. The second-order valence-corrected chi connectivity index (χ2v) is 7.90. The highest BCUT2D eigenvalue weighted by Crippen LogP contribution is 2.28. The summed E-state index contributed by atoms with van der Waals surface area (Å²) in [5.74, 6) is 0.0747. The van der Waals surface area contributed by atoms with Gasteiger partial charge in [0.2, 0.25) is 0 Å². The Morgan fingerprint density at radius 2 is 2.00 bits per heavy atom. The topological polar surface area (TPSA) is 66.0 Å². The van der Waals surface area contributed by atoms with Crippen LogP contribution in [0.3, 0.4) is 0 Å². The second kappa shape index (κ2) is 7.41. The maximum absolute atomic E-state index is 15.0. The molecule has 6 nitrogen and oxygen atoms in total. The van der Waals surface area contributed by atoms with Crippen LogP contribution in [-0.2, 0) is 6.54 Å². The monoisotopic (exact) mass is 425 g/mol. The zero-order valence-electron chi connectivity index (χ0n) is 16.5. The van der Waals surface area contributed by atoms with Crippen LogP contribution in [0, 0.1) is 5.82 Å². The number of hydrogen-bond donors (Lipinski definition) is 2. The summed E-state index contributed by atoms with van der Waals surface area (Å²) in [4.78, 5) is 23.0. The van der Waals surface area contributed by atoms with Crippen LogP contribution in [0.4, 0.5) is 10.1 Å². The molecule has 0 atom stereocenters. The molecule has 0 spiro atoms. The number of imidazole rings is 1. The van der Waals surface area contributed by atoms with E-state index in [4.69, 9.17) is 11.6 Å². The SMILES string of the molecule is CCn1cc(-c2nc3cc(Cl)ccc3[nH]2)c(=O)c2cc(F)c(N3CCNCC3)cc21. The lowest BCUT2D eigenvalue weighted by atomic mass is 10.1. The number of aromatic amines is 1. The fourth-order valence-electron chi connectivity index (χ4n) is 4.08. The van der Waals surface area contributed by atoms with Crippen molar-refractivity contribution in [1.82, 2.24) is 19.9 Å². The van der Waals surface area contributed by atoms with Crippen LogP contribution in [-0.4, -0.2) is 40.7 Å². The summed E-state index contributed by atoms with van der Waals surface area (Å²) in [5, 5.41) is 4.20. The van der Waals surface area contributed by atoms with E-state index < -0.39 is 0 Å². The zero-order valence-corrected chi connectivity index (χ0v) is 17.3. The number of anilines is 1. The number of nitrogens with zero attached hydrogens (tertiary/aromatic N) is 3. The molecule has 0 unspecified atom stereocenters. The Morgan fingerprint density at radius 1 is 1.20 bits per heavy atom. The van der Waals surface area contributed by atoms with Gasteiger partial charge in [-0.2, -0.15) is 0 Å². The standard InChI is InChI=1S/C22H21ClFN5O/c1-2-28-12-15(22-26-17-4-3-13(23)9-18(17)27-22)21(30)14-10-16(24)20(11-19(14)28)29-7-5-25-6-8-29/h3-4,9-12,25H,2,5-8H2,1H3,(H,26,27). The lowest BCUT2D eigenvalue weighted by Crippen LogP contribution is -2.43. The third-order valence-corrected chi connectivity index (χ3v) is 5.88. The van der Waals surface area contributed by atoms with E-state index in [0.29, 0.717) is 39.5 Å². The summed E-state index contributed by atoms with van der Waals surface area (Å²) in [6, 6.07) is 8.50. The summed E-state index contributed by atoms with van der Waals surface area (Å²) in [6.45, 7) is 5.74. The molecule has 154 valence electrons. The van der Waals surface area contributed by atoms with E-state index >= 15 is 4.39 Å². The van der Waals surface area contributed by atoms with Gasteiger partial charge in [-0.1, -0.05) is 11.6 Å². The number of aryl methyl sites for hydroxylation is 1. The van der Waals surface area contributed by atoms with Crippen molar-refractivity contribution in [2.75, 3.05) is 31.1 Å². The predicted octanol–water partition coefficient (Wildman–Crippen LogP) is 3.77. The Labute approximate surface area is 177 Å². The van der Waals surface area contributed by atoms with Crippen molar-refractivity contribution < 1.29 is 4.39 Å². The number of H-pyrrole nitrogens is 1. The Hall–Kier alpha value is -2.90. The Bertz CT molecular complexity index is 1320. The molecule has 2 N–H and O–H groups in total. The van der Waals surface area contributed by atoms with E-state index in [1.165, 1.54) is 6.07 Å². The van der Waals surface area contributed by atoms with Crippen LogP contribution in [0.25, 0.3) is 33.3 Å². The first kappa shape index (κ1) is 19.1. The van der Waals surface area contributed by atoms with Crippen LogP contribution < -0.4 is 15.6 Å². The molecule has 4 aromatic rings. The molecule has 0 bridgehead atoms. The highest BCUT2D eigenvalue weighted by molar-refractivity contribution is 6.31. The second-order valence-electron chi connectivity index (χ2n) is 7.46. The summed E-state index contributed by atoms with van der Waals surface area (Å²) in [6.07, 6.45) is 1.80. The molecular weight excluding hydrogens is 405 g/mol. The number of hydrogen-bond acceptors (Lipinski definition) is 4. The molecule has 1 aliphatic rings. The van der Waals surface area contributed by atoms with Gasteiger partial charge in [0, 0.05) is 49.3 Å². The molecule has 30 heavy (non-hydrogen) atoms. The minimum Gasteiger partial charge on any atom is -0.367 e. The number of fused-ring (bicyclic) bond motifs is 2. The van der Waals surface area contributed by atoms with Gasteiger partial charge in [0.05, 0.1) is 27.8 Å². The number of aromatic nitrogens is 3. The molecule has 5 rings (SSSR count). The summed E-state index contributed by atoms with van der Waals surface area (Å²) in [7, 11) is 0. The molecule has 1 aliphatic heterocycles. The summed E-state index contributed by atoms with van der Waals surface area (Å²) < 4.78 is 17.0. The summed E-state index contributed by atoms with van der Waals surface area (Å²) >= 11 is 6.06. The quantitative estimate of drug-likeness (QED) is 0.524. The van der Waals surface area contributed by atoms with Crippen LogP contribution in [0.5, 0.6) is 0 Å². The largest absolute Gasteiger partial charge is 0.367 e. The Kier molecular flexibility index (Phi) is 4.72. The fourth-order valence-corrected chi connectivity index (χ4v) is 4.25. The van der Waals surface area contributed by atoms with Gasteiger partial charge < -0.3 is 19.8 Å². The smallest absolute Gasteiger partial charge is 0.200 e. The molecule has 0 saturated carbocycles. The molecule has 0 radical (unpaired) electrons. The Morgan fingerprint density at radius 3 is 2.77 bits per heavy atom. The van der Waals surface area contributed by atoms with Gasteiger partial charge >= 0.3 is 0 Å². The lowest BCUT2D eigenvalue weighted by molar-refractivity contribution is 0.567. The van der Waals surface area contributed by atoms with Crippen molar-refractivity contribution in [2.24, 2.45) is 0 Å². The molecule has 3 heterocycles. The summed E-state index contributed by atoms with van der Waals surface area (Å²) in [5.41, 5.74) is 2.89. The van der Waals surface area contributed by atoms with E-state index in [1.54, 1.807) is 24.4 Å². The molecule has 1 fully saturated rings. The number of halogens is 2.